The van der Waals surface area contributed by atoms with Gasteiger partial charge in [0.15, 0.2) is 5.82 Å². The molecule has 5 rings (SSSR count). The summed E-state index contributed by atoms with van der Waals surface area (Å²) in [6.45, 7) is 4.57. The number of hydrogen-bond donors (Lipinski definition) is 0. The summed E-state index contributed by atoms with van der Waals surface area (Å²) in [6, 6.07) is 5.78. The summed E-state index contributed by atoms with van der Waals surface area (Å²) in [6.07, 6.45) is 4.86. The summed E-state index contributed by atoms with van der Waals surface area (Å²) in [4.78, 5) is 47.1. The van der Waals surface area contributed by atoms with Crippen LogP contribution >= 0.6 is 0 Å². The molecular formula is C24H23FN6O2. The summed E-state index contributed by atoms with van der Waals surface area (Å²) >= 11 is 0. The highest BCUT2D eigenvalue weighted by atomic mass is 19.1. The minimum Gasteiger partial charge on any atom is -0.327 e. The quantitative estimate of drug-likeness (QED) is 0.612. The van der Waals surface area contributed by atoms with Crippen molar-refractivity contribution in [2.75, 3.05) is 11.4 Å². The number of carbonyl (C=O) groups excluding carboxylic acids is 2. The van der Waals surface area contributed by atoms with E-state index in [1.165, 1.54) is 18.3 Å². The van der Waals surface area contributed by atoms with Crippen LogP contribution in [0, 0.1) is 19.7 Å². The van der Waals surface area contributed by atoms with Crippen molar-refractivity contribution in [2.24, 2.45) is 0 Å². The lowest BCUT2D eigenvalue weighted by molar-refractivity contribution is -0.117. The molecule has 33 heavy (non-hydrogen) atoms. The minimum atomic E-state index is -0.323. The van der Waals surface area contributed by atoms with Crippen molar-refractivity contribution in [3.63, 3.8) is 0 Å². The molecule has 2 aliphatic heterocycles. The first-order chi connectivity index (χ1) is 15.9. The Kier molecular flexibility index (Phi) is 5.32. The van der Waals surface area contributed by atoms with Crippen LogP contribution in [0.15, 0.2) is 36.7 Å². The molecule has 0 bridgehead atoms. The molecule has 0 N–H and O–H groups in total. The number of benzene rings is 1. The summed E-state index contributed by atoms with van der Waals surface area (Å²) < 4.78 is 13.3. The fraction of sp³-hybridized carbons (Fsp3) is 0.333. The molecule has 2 aromatic heterocycles. The molecule has 3 aromatic rings. The third-order valence-electron chi connectivity index (χ3n) is 6.16. The Labute approximate surface area is 190 Å². The molecule has 0 radical (unpaired) electrons. The molecule has 1 fully saturated rings. The van der Waals surface area contributed by atoms with E-state index in [9.17, 15) is 14.0 Å². The third kappa shape index (κ3) is 3.94. The zero-order chi connectivity index (χ0) is 23.1. The van der Waals surface area contributed by atoms with E-state index in [1.807, 2.05) is 13.8 Å². The monoisotopic (exact) mass is 446 g/mol. The van der Waals surface area contributed by atoms with Gasteiger partial charge in [-0.2, -0.15) is 0 Å². The van der Waals surface area contributed by atoms with E-state index in [4.69, 9.17) is 4.98 Å². The van der Waals surface area contributed by atoms with Crippen LogP contribution in [0.25, 0.3) is 0 Å². The fourth-order valence-electron chi connectivity index (χ4n) is 4.41. The Balaban J connectivity index is 1.46. The number of rotatable bonds is 4. The smallest absolute Gasteiger partial charge is 0.274 e. The van der Waals surface area contributed by atoms with Gasteiger partial charge in [-0.25, -0.2) is 19.3 Å². The molecule has 0 spiro atoms. The van der Waals surface area contributed by atoms with Gasteiger partial charge < -0.3 is 4.90 Å². The normalized spacial score (nSPS) is 17.5. The highest BCUT2D eigenvalue weighted by molar-refractivity contribution is 6.00. The van der Waals surface area contributed by atoms with Gasteiger partial charge in [-0.05, 0) is 44.4 Å². The average molecular weight is 446 g/mol. The number of hydrogen-bond acceptors (Lipinski definition) is 6. The number of carbonyl (C=O) groups is 2. The minimum absolute atomic E-state index is 0.0711. The second-order valence-corrected chi connectivity index (χ2v) is 8.45. The van der Waals surface area contributed by atoms with Gasteiger partial charge in [0.05, 0.1) is 30.9 Å². The average Bonchev–Trinajstić information content (AvgIpc) is 3.41. The van der Waals surface area contributed by atoms with Gasteiger partial charge in [-0.1, -0.05) is 12.1 Å². The molecule has 4 heterocycles. The SMILES string of the molecule is Cc1cnc(C(=O)N2CCC[C@H]2c2nc(C)c3c(n2)N(Cc2ccc(F)cc2)C(=O)C3)cn1. The highest BCUT2D eigenvalue weighted by Gasteiger charge is 2.37. The molecule has 0 aliphatic carbocycles. The molecule has 0 unspecified atom stereocenters. The number of halogens is 1. The molecule has 1 aromatic carbocycles. The standard InChI is InChI=1S/C24H23FN6O2/c1-14-11-27-19(12-26-14)24(33)30-9-3-4-20(30)22-28-15(2)18-10-21(32)31(23(18)29-22)13-16-5-7-17(25)8-6-16/h5-8,11-12,20H,3-4,9-10,13H2,1-2H3/t20-/m0/s1. The third-order valence-corrected chi connectivity index (χ3v) is 6.16. The molecule has 1 atom stereocenters. The van der Waals surface area contributed by atoms with Crippen molar-refractivity contribution in [2.45, 2.75) is 45.7 Å². The van der Waals surface area contributed by atoms with Crippen LogP contribution < -0.4 is 4.90 Å². The van der Waals surface area contributed by atoms with Crippen LogP contribution in [-0.2, 0) is 17.8 Å². The molecule has 9 heteroatoms. The maximum absolute atomic E-state index is 13.3. The van der Waals surface area contributed by atoms with Gasteiger partial charge in [0.2, 0.25) is 5.91 Å². The van der Waals surface area contributed by atoms with Crippen molar-refractivity contribution in [1.82, 2.24) is 24.8 Å². The van der Waals surface area contributed by atoms with Crippen LogP contribution in [-0.4, -0.2) is 43.2 Å². The summed E-state index contributed by atoms with van der Waals surface area (Å²) in [5.74, 6) is 0.498. The molecular weight excluding hydrogens is 423 g/mol. The van der Waals surface area contributed by atoms with Crippen molar-refractivity contribution in [3.8, 4) is 0 Å². The van der Waals surface area contributed by atoms with Crippen LogP contribution in [0.5, 0.6) is 0 Å². The van der Waals surface area contributed by atoms with E-state index in [0.717, 1.165) is 35.4 Å². The van der Waals surface area contributed by atoms with Gasteiger partial charge in [0.25, 0.3) is 5.91 Å². The number of anilines is 1. The Hall–Kier alpha value is -3.75. The van der Waals surface area contributed by atoms with Crippen LogP contribution in [0.4, 0.5) is 10.2 Å². The number of fused-ring (bicyclic) bond motifs is 1. The van der Waals surface area contributed by atoms with Crippen LogP contribution in [0.3, 0.4) is 0 Å². The van der Waals surface area contributed by atoms with Gasteiger partial charge in [-0.15, -0.1) is 0 Å². The molecule has 2 amide bonds. The molecule has 8 nitrogen and oxygen atoms in total. The maximum atomic E-state index is 13.3. The first-order valence-electron chi connectivity index (χ1n) is 10.9. The first kappa shape index (κ1) is 21.1. The number of likely N-dealkylation sites (tertiary alicyclic amines) is 1. The molecule has 0 saturated carbocycles. The Bertz CT molecular complexity index is 1230. The lowest BCUT2D eigenvalue weighted by Crippen LogP contribution is -2.33. The van der Waals surface area contributed by atoms with Crippen LogP contribution in [0.2, 0.25) is 0 Å². The first-order valence-corrected chi connectivity index (χ1v) is 10.9. The zero-order valence-corrected chi connectivity index (χ0v) is 18.5. The van der Waals surface area contributed by atoms with E-state index < -0.39 is 0 Å². The fourth-order valence-corrected chi connectivity index (χ4v) is 4.41. The van der Waals surface area contributed by atoms with Gasteiger partial charge in [-0.3, -0.25) is 19.5 Å². The van der Waals surface area contributed by atoms with Crippen molar-refractivity contribution in [1.29, 1.82) is 0 Å². The topological polar surface area (TPSA) is 92.2 Å². The lowest BCUT2D eigenvalue weighted by Gasteiger charge is -2.25. The summed E-state index contributed by atoms with van der Waals surface area (Å²) in [5, 5.41) is 0. The predicted octanol–water partition coefficient (Wildman–Crippen LogP) is 3.09. The number of aromatic nitrogens is 4. The van der Waals surface area contributed by atoms with E-state index in [0.29, 0.717) is 30.4 Å². The predicted molar refractivity (Wildman–Crippen MR) is 118 cm³/mol. The highest BCUT2D eigenvalue weighted by Crippen LogP contribution is 2.36. The largest absolute Gasteiger partial charge is 0.327 e. The molecule has 168 valence electrons. The van der Waals surface area contributed by atoms with E-state index in [1.54, 1.807) is 28.1 Å². The van der Waals surface area contributed by atoms with E-state index >= 15 is 0 Å². The second-order valence-electron chi connectivity index (χ2n) is 8.45. The maximum Gasteiger partial charge on any atom is 0.274 e. The Morgan fingerprint density at radius 2 is 1.91 bits per heavy atom. The van der Waals surface area contributed by atoms with Gasteiger partial charge in [0, 0.05) is 24.0 Å². The Morgan fingerprint density at radius 3 is 2.64 bits per heavy atom. The summed E-state index contributed by atoms with van der Waals surface area (Å²) in [7, 11) is 0. The van der Waals surface area contributed by atoms with E-state index in [2.05, 4.69) is 15.0 Å². The number of aryl methyl sites for hydroxylation is 2. The summed E-state index contributed by atoms with van der Waals surface area (Å²) in [5.41, 5.74) is 3.38. The van der Waals surface area contributed by atoms with E-state index in [-0.39, 0.29) is 30.1 Å². The van der Waals surface area contributed by atoms with Gasteiger partial charge in [0.1, 0.15) is 17.3 Å². The lowest BCUT2D eigenvalue weighted by atomic mass is 10.1. The van der Waals surface area contributed by atoms with Gasteiger partial charge >= 0.3 is 0 Å². The Morgan fingerprint density at radius 1 is 1.12 bits per heavy atom. The van der Waals surface area contributed by atoms with Crippen molar-refractivity contribution < 1.29 is 14.0 Å². The number of nitrogens with zero attached hydrogens (tertiary/aromatic N) is 6. The van der Waals surface area contributed by atoms with Crippen molar-refractivity contribution >= 4 is 17.6 Å². The number of amides is 2. The van der Waals surface area contributed by atoms with Crippen molar-refractivity contribution in [3.05, 3.63) is 76.5 Å². The molecule has 2 aliphatic rings. The van der Waals surface area contributed by atoms with Crippen LogP contribution in [0.1, 0.15) is 57.7 Å². The second kappa shape index (κ2) is 8.31. The zero-order valence-electron chi connectivity index (χ0n) is 18.5. The molecule has 1 saturated heterocycles.